The Hall–Kier alpha value is -2.49. The zero-order valence-electron chi connectivity index (χ0n) is 15.0. The summed E-state index contributed by atoms with van der Waals surface area (Å²) in [6, 6.07) is 2.00. The number of piperazine rings is 1. The normalized spacial score (nSPS) is 16.6. The lowest BCUT2D eigenvalue weighted by molar-refractivity contribution is -0.483. The van der Waals surface area contributed by atoms with Gasteiger partial charge in [0.15, 0.2) is 5.82 Å². The molecule has 144 valence electrons. The lowest BCUT2D eigenvalue weighted by atomic mass is 10.1. The van der Waals surface area contributed by atoms with Crippen molar-refractivity contribution >= 4 is 22.5 Å². The van der Waals surface area contributed by atoms with Crippen LogP contribution in [0.1, 0.15) is 12.5 Å². The van der Waals surface area contributed by atoms with Gasteiger partial charge in [-0.15, -0.1) is 4.68 Å². The van der Waals surface area contributed by atoms with E-state index in [1.165, 1.54) is 6.07 Å². The third kappa shape index (κ3) is 2.97. The van der Waals surface area contributed by atoms with Crippen molar-refractivity contribution in [2.24, 2.45) is 0 Å². The zero-order chi connectivity index (χ0) is 19.3. The molecule has 10 heteroatoms. The number of aryl methyl sites for hydroxylation is 1. The van der Waals surface area contributed by atoms with Crippen LogP contribution >= 0.6 is 0 Å². The molecular weight excluding hydrogens is 364 g/mol. The number of benzene rings is 1. The molecule has 2 aromatic heterocycles. The van der Waals surface area contributed by atoms with Gasteiger partial charge in [0.05, 0.1) is 10.7 Å². The van der Waals surface area contributed by atoms with E-state index in [1.807, 2.05) is 18.9 Å². The molecule has 0 aliphatic carbocycles. The highest BCUT2D eigenvalue weighted by Gasteiger charge is 2.36. The number of aromatic nitrogens is 4. The molecule has 0 N–H and O–H groups in total. The quantitative estimate of drug-likeness (QED) is 0.502. The zero-order valence-corrected chi connectivity index (χ0v) is 15.0. The largest absolute Gasteiger partial charge is 0.419 e. The molecular formula is C17H19F4N6+. The fourth-order valence-electron chi connectivity index (χ4n) is 3.33. The molecule has 3 heterocycles. The second-order valence-corrected chi connectivity index (χ2v) is 6.68. The average molecular weight is 383 g/mol. The molecule has 27 heavy (non-hydrogen) atoms. The van der Waals surface area contributed by atoms with Crippen LogP contribution in [-0.4, -0.2) is 52.9 Å². The summed E-state index contributed by atoms with van der Waals surface area (Å²) in [5.41, 5.74) is -0.845. The van der Waals surface area contributed by atoms with Crippen molar-refractivity contribution in [2.75, 3.05) is 38.1 Å². The predicted molar refractivity (Wildman–Crippen MR) is 91.0 cm³/mol. The first-order chi connectivity index (χ1) is 12.8. The molecule has 1 saturated heterocycles. The molecule has 1 aliphatic heterocycles. The molecule has 1 aliphatic rings. The first kappa shape index (κ1) is 17.9. The van der Waals surface area contributed by atoms with Crippen LogP contribution in [0, 0.1) is 5.82 Å². The monoisotopic (exact) mass is 383 g/mol. The van der Waals surface area contributed by atoms with Crippen LogP contribution in [0.2, 0.25) is 0 Å². The van der Waals surface area contributed by atoms with Gasteiger partial charge >= 0.3 is 11.8 Å². The van der Waals surface area contributed by atoms with Gasteiger partial charge in [0.25, 0.3) is 0 Å². The van der Waals surface area contributed by atoms with E-state index < -0.39 is 17.6 Å². The van der Waals surface area contributed by atoms with Gasteiger partial charge in [-0.1, -0.05) is 0 Å². The Labute approximate surface area is 152 Å². The van der Waals surface area contributed by atoms with Crippen LogP contribution in [-0.2, 0) is 12.7 Å². The average Bonchev–Trinajstić information content (AvgIpc) is 3.06. The second kappa shape index (κ2) is 6.29. The summed E-state index contributed by atoms with van der Waals surface area (Å²) >= 11 is 0. The van der Waals surface area contributed by atoms with E-state index in [0.717, 1.165) is 19.2 Å². The van der Waals surface area contributed by atoms with Crippen LogP contribution in [0.25, 0.3) is 16.7 Å². The van der Waals surface area contributed by atoms with Crippen molar-refractivity contribution in [3.8, 4) is 0 Å². The van der Waals surface area contributed by atoms with Gasteiger partial charge in [0, 0.05) is 26.2 Å². The molecule has 0 radical (unpaired) electrons. The van der Waals surface area contributed by atoms with Gasteiger partial charge in [0.2, 0.25) is 12.1 Å². The number of likely N-dealkylation sites (N-methyl/N-ethyl adjacent to an activating group) is 1. The smallest absolute Gasteiger partial charge is 0.348 e. The number of halogens is 4. The lowest BCUT2D eigenvalue weighted by Gasteiger charge is -2.32. The van der Waals surface area contributed by atoms with Crippen molar-refractivity contribution in [1.82, 2.24) is 19.7 Å². The minimum atomic E-state index is -4.78. The summed E-state index contributed by atoms with van der Waals surface area (Å²) < 4.78 is 57.4. The summed E-state index contributed by atoms with van der Waals surface area (Å²) in [4.78, 5) is 8.40. The van der Waals surface area contributed by atoms with E-state index in [9.17, 15) is 17.6 Å². The van der Waals surface area contributed by atoms with Gasteiger partial charge < -0.3 is 9.80 Å². The van der Waals surface area contributed by atoms with Gasteiger partial charge in [-0.25, -0.2) is 9.37 Å². The summed E-state index contributed by atoms with van der Waals surface area (Å²) in [5, 5.41) is 4.49. The van der Waals surface area contributed by atoms with Crippen LogP contribution < -0.4 is 9.30 Å². The van der Waals surface area contributed by atoms with Gasteiger partial charge in [-0.3, -0.25) is 0 Å². The maximum atomic E-state index is 14.7. The maximum absolute atomic E-state index is 14.7. The first-order valence-electron chi connectivity index (χ1n) is 8.71. The predicted octanol–water partition coefficient (Wildman–Crippen LogP) is 2.10. The maximum Gasteiger partial charge on any atom is 0.419 e. The number of rotatable bonds is 2. The summed E-state index contributed by atoms with van der Waals surface area (Å²) in [7, 11) is 2.00. The highest BCUT2D eigenvalue weighted by molar-refractivity contribution is 5.78. The third-order valence-electron chi connectivity index (χ3n) is 4.90. The van der Waals surface area contributed by atoms with E-state index in [1.54, 1.807) is 15.4 Å². The molecule has 3 aromatic rings. The fourth-order valence-corrected chi connectivity index (χ4v) is 3.33. The molecule has 0 unspecified atom stereocenters. The Bertz CT molecular complexity index is 1000. The van der Waals surface area contributed by atoms with E-state index in [0.29, 0.717) is 31.1 Å². The topological polar surface area (TPSA) is 41.3 Å². The Morgan fingerprint density at radius 3 is 2.48 bits per heavy atom. The number of nitrogens with zero attached hydrogens (tertiary/aromatic N) is 6. The second-order valence-electron chi connectivity index (χ2n) is 6.68. The Morgan fingerprint density at radius 1 is 1.15 bits per heavy atom. The van der Waals surface area contributed by atoms with E-state index >= 15 is 0 Å². The minimum absolute atomic E-state index is 0.257. The van der Waals surface area contributed by atoms with Crippen molar-refractivity contribution in [3.05, 3.63) is 29.8 Å². The first-order valence-corrected chi connectivity index (χ1v) is 8.71. The highest BCUT2D eigenvalue weighted by atomic mass is 19.4. The molecule has 0 amide bonds. The Balaban J connectivity index is 1.99. The van der Waals surface area contributed by atoms with E-state index in [4.69, 9.17) is 0 Å². The standard InChI is InChI=1S/C17H19F4N6/c1-3-26-10-27-12-5-4-11(17(19,20)21)13(18)14(12)22-15(16(27)23-26)25-8-6-24(2)7-9-25/h4-5,10H,3,6-9H2,1-2H3/q+1. The van der Waals surface area contributed by atoms with Gasteiger partial charge in [0.1, 0.15) is 17.6 Å². The van der Waals surface area contributed by atoms with Gasteiger partial charge in [-0.05, 0) is 26.1 Å². The number of alkyl halides is 3. The number of hydrogen-bond donors (Lipinski definition) is 0. The van der Waals surface area contributed by atoms with Crippen molar-refractivity contribution < 1.29 is 22.0 Å². The van der Waals surface area contributed by atoms with Crippen LogP contribution in [0.5, 0.6) is 0 Å². The van der Waals surface area contributed by atoms with E-state index in [2.05, 4.69) is 15.0 Å². The van der Waals surface area contributed by atoms with Crippen LogP contribution in [0.15, 0.2) is 18.5 Å². The molecule has 4 rings (SSSR count). The molecule has 0 atom stereocenters. The fraction of sp³-hybridized carbons (Fsp3) is 0.471. The molecule has 1 fully saturated rings. The summed E-state index contributed by atoms with van der Waals surface area (Å²) in [6.45, 7) is 5.33. The van der Waals surface area contributed by atoms with Crippen LogP contribution in [0.4, 0.5) is 23.4 Å². The Kier molecular flexibility index (Phi) is 4.17. The molecule has 0 saturated carbocycles. The number of hydrogen-bond acceptors (Lipinski definition) is 4. The summed E-state index contributed by atoms with van der Waals surface area (Å²) in [5.74, 6) is -0.949. The Morgan fingerprint density at radius 2 is 1.85 bits per heavy atom. The van der Waals surface area contributed by atoms with E-state index in [-0.39, 0.29) is 11.0 Å². The van der Waals surface area contributed by atoms with Gasteiger partial charge in [-0.2, -0.15) is 17.6 Å². The SMILES string of the molecule is CCn1c[n+]2c(n1)c(N1CCN(C)CC1)nc1c(F)c(C(F)(F)F)ccc12. The van der Waals surface area contributed by atoms with Crippen molar-refractivity contribution in [2.45, 2.75) is 19.6 Å². The number of fused-ring (bicyclic) bond motifs is 3. The molecule has 6 nitrogen and oxygen atoms in total. The lowest BCUT2D eigenvalue weighted by Crippen LogP contribution is -2.45. The number of anilines is 1. The van der Waals surface area contributed by atoms with Crippen molar-refractivity contribution in [1.29, 1.82) is 0 Å². The van der Waals surface area contributed by atoms with Crippen molar-refractivity contribution in [3.63, 3.8) is 0 Å². The highest BCUT2D eigenvalue weighted by Crippen LogP contribution is 2.34. The molecule has 1 aromatic carbocycles. The minimum Gasteiger partial charge on any atom is -0.348 e. The molecule has 0 spiro atoms. The van der Waals surface area contributed by atoms with Crippen LogP contribution in [0.3, 0.4) is 0 Å². The summed E-state index contributed by atoms with van der Waals surface area (Å²) in [6.07, 6.45) is -3.12. The molecule has 0 bridgehead atoms. The third-order valence-corrected chi connectivity index (χ3v) is 4.90.